The molecule has 0 atom stereocenters. The van der Waals surface area contributed by atoms with E-state index in [9.17, 15) is 0 Å². The topological polar surface area (TPSA) is 15.3 Å². The van der Waals surface area contributed by atoms with Crippen molar-refractivity contribution in [3.05, 3.63) is 0 Å². The Bertz CT molecular complexity index is 160. The Balaban J connectivity index is 2.30. The molecule has 0 bridgehead atoms. The van der Waals surface area contributed by atoms with Gasteiger partial charge in [-0.25, -0.2) is 0 Å². The number of rotatable bonds is 6. The zero-order valence-electron chi connectivity index (χ0n) is 10.9. The van der Waals surface area contributed by atoms with E-state index in [1.165, 1.54) is 32.2 Å². The van der Waals surface area contributed by atoms with E-state index in [1.807, 2.05) is 0 Å². The molecule has 1 saturated carbocycles. The van der Waals surface area contributed by atoms with Gasteiger partial charge in [0.1, 0.15) is 0 Å². The fraction of sp³-hybridized carbons (Fsp3) is 1.00. The second-order valence-electron chi connectivity index (χ2n) is 5.38. The van der Waals surface area contributed by atoms with Gasteiger partial charge in [-0.1, -0.05) is 26.7 Å². The van der Waals surface area contributed by atoms with Gasteiger partial charge in [0.25, 0.3) is 0 Å². The minimum absolute atomic E-state index is 0.614. The summed E-state index contributed by atoms with van der Waals surface area (Å²) < 4.78 is 0. The Morgan fingerprint density at radius 1 is 1.13 bits per heavy atom. The zero-order valence-corrected chi connectivity index (χ0v) is 10.9. The number of nitrogens with zero attached hydrogens (tertiary/aromatic N) is 1. The molecule has 0 saturated heterocycles. The molecule has 0 unspecified atom stereocenters. The minimum atomic E-state index is 0.614. The molecule has 1 rings (SSSR count). The number of hydrogen-bond donors (Lipinski definition) is 1. The van der Waals surface area contributed by atoms with Crippen LogP contribution in [0.1, 0.15) is 53.4 Å². The van der Waals surface area contributed by atoms with Gasteiger partial charge in [0.15, 0.2) is 0 Å². The van der Waals surface area contributed by atoms with E-state index in [2.05, 4.69) is 37.9 Å². The SMILES string of the molecule is CC(C)NCCN(C(C)C)C1CCCC1. The summed E-state index contributed by atoms with van der Waals surface area (Å²) in [7, 11) is 0. The molecular formula is C13H28N2. The van der Waals surface area contributed by atoms with Crippen LogP contribution in [0.3, 0.4) is 0 Å². The van der Waals surface area contributed by atoms with Crippen LogP contribution in [0.25, 0.3) is 0 Å². The molecular weight excluding hydrogens is 184 g/mol. The molecule has 2 heteroatoms. The van der Waals surface area contributed by atoms with Crippen LogP contribution in [0, 0.1) is 0 Å². The predicted molar refractivity (Wildman–Crippen MR) is 67.2 cm³/mol. The fourth-order valence-electron chi connectivity index (χ4n) is 2.58. The highest BCUT2D eigenvalue weighted by Crippen LogP contribution is 2.24. The van der Waals surface area contributed by atoms with E-state index < -0.39 is 0 Å². The first-order chi connectivity index (χ1) is 7.11. The normalized spacial score (nSPS) is 18.6. The third-order valence-electron chi connectivity index (χ3n) is 3.38. The van der Waals surface area contributed by atoms with Crippen molar-refractivity contribution in [2.75, 3.05) is 13.1 Å². The lowest BCUT2D eigenvalue weighted by molar-refractivity contribution is 0.155. The van der Waals surface area contributed by atoms with Crippen LogP contribution in [0.5, 0.6) is 0 Å². The first kappa shape index (κ1) is 13.0. The standard InChI is InChI=1S/C13H28N2/c1-11(2)14-9-10-15(12(3)4)13-7-5-6-8-13/h11-14H,5-10H2,1-4H3. The van der Waals surface area contributed by atoms with Gasteiger partial charge in [-0.3, -0.25) is 4.90 Å². The molecule has 0 radical (unpaired) electrons. The Morgan fingerprint density at radius 3 is 2.20 bits per heavy atom. The molecule has 15 heavy (non-hydrogen) atoms. The van der Waals surface area contributed by atoms with Crippen molar-refractivity contribution in [1.29, 1.82) is 0 Å². The molecule has 0 spiro atoms. The maximum absolute atomic E-state index is 3.51. The van der Waals surface area contributed by atoms with Crippen molar-refractivity contribution in [1.82, 2.24) is 10.2 Å². The molecule has 90 valence electrons. The van der Waals surface area contributed by atoms with Crippen molar-refractivity contribution < 1.29 is 0 Å². The van der Waals surface area contributed by atoms with Gasteiger partial charge < -0.3 is 5.32 Å². The molecule has 1 aliphatic rings. The first-order valence-corrected chi connectivity index (χ1v) is 6.60. The molecule has 0 aromatic heterocycles. The van der Waals surface area contributed by atoms with Crippen molar-refractivity contribution in [3.63, 3.8) is 0 Å². The molecule has 1 fully saturated rings. The molecule has 1 N–H and O–H groups in total. The van der Waals surface area contributed by atoms with Crippen LogP contribution in [0.2, 0.25) is 0 Å². The lowest BCUT2D eigenvalue weighted by Crippen LogP contribution is -2.43. The molecule has 0 aliphatic heterocycles. The summed E-state index contributed by atoms with van der Waals surface area (Å²) >= 11 is 0. The smallest absolute Gasteiger partial charge is 0.0113 e. The average Bonchev–Trinajstić information content (AvgIpc) is 2.63. The van der Waals surface area contributed by atoms with E-state index in [4.69, 9.17) is 0 Å². The Morgan fingerprint density at radius 2 is 1.73 bits per heavy atom. The Kier molecular flexibility index (Phi) is 5.62. The van der Waals surface area contributed by atoms with Crippen molar-refractivity contribution in [3.8, 4) is 0 Å². The summed E-state index contributed by atoms with van der Waals surface area (Å²) in [6.07, 6.45) is 5.71. The van der Waals surface area contributed by atoms with Gasteiger partial charge in [0.2, 0.25) is 0 Å². The highest BCUT2D eigenvalue weighted by atomic mass is 15.2. The van der Waals surface area contributed by atoms with E-state index in [0.29, 0.717) is 12.1 Å². The maximum Gasteiger partial charge on any atom is 0.0113 e. The lowest BCUT2D eigenvalue weighted by Gasteiger charge is -2.32. The van der Waals surface area contributed by atoms with Crippen molar-refractivity contribution in [2.45, 2.75) is 71.5 Å². The summed E-state index contributed by atoms with van der Waals surface area (Å²) in [4.78, 5) is 2.68. The highest BCUT2D eigenvalue weighted by Gasteiger charge is 2.23. The van der Waals surface area contributed by atoms with Crippen LogP contribution in [0.4, 0.5) is 0 Å². The monoisotopic (exact) mass is 212 g/mol. The zero-order chi connectivity index (χ0) is 11.3. The third kappa shape index (κ3) is 4.52. The minimum Gasteiger partial charge on any atom is -0.313 e. The van der Waals surface area contributed by atoms with Gasteiger partial charge in [0.05, 0.1) is 0 Å². The molecule has 0 heterocycles. The predicted octanol–water partition coefficient (Wildman–Crippen LogP) is 2.64. The molecule has 0 aromatic rings. The fourth-order valence-corrected chi connectivity index (χ4v) is 2.58. The van der Waals surface area contributed by atoms with E-state index >= 15 is 0 Å². The van der Waals surface area contributed by atoms with Gasteiger partial charge in [0, 0.05) is 31.2 Å². The second kappa shape index (κ2) is 6.49. The summed E-state index contributed by atoms with van der Waals surface area (Å²) in [5.74, 6) is 0. The maximum atomic E-state index is 3.51. The van der Waals surface area contributed by atoms with Gasteiger partial charge >= 0.3 is 0 Å². The van der Waals surface area contributed by atoms with Crippen molar-refractivity contribution in [2.24, 2.45) is 0 Å². The Labute approximate surface area is 95.4 Å². The highest BCUT2D eigenvalue weighted by molar-refractivity contribution is 4.80. The summed E-state index contributed by atoms with van der Waals surface area (Å²) in [6.45, 7) is 11.4. The third-order valence-corrected chi connectivity index (χ3v) is 3.38. The molecule has 0 aromatic carbocycles. The molecule has 0 amide bonds. The van der Waals surface area contributed by atoms with Crippen molar-refractivity contribution >= 4 is 0 Å². The number of hydrogen-bond acceptors (Lipinski definition) is 2. The van der Waals surface area contributed by atoms with E-state index in [-0.39, 0.29) is 0 Å². The molecule has 2 nitrogen and oxygen atoms in total. The molecule has 1 aliphatic carbocycles. The van der Waals surface area contributed by atoms with Crippen LogP contribution in [0.15, 0.2) is 0 Å². The quantitative estimate of drug-likeness (QED) is 0.728. The van der Waals surface area contributed by atoms with Crippen LogP contribution in [-0.2, 0) is 0 Å². The average molecular weight is 212 g/mol. The van der Waals surface area contributed by atoms with E-state index in [1.54, 1.807) is 0 Å². The number of nitrogens with one attached hydrogen (secondary N) is 1. The van der Waals surface area contributed by atoms with Crippen LogP contribution < -0.4 is 5.32 Å². The van der Waals surface area contributed by atoms with Crippen LogP contribution in [-0.4, -0.2) is 36.1 Å². The van der Waals surface area contributed by atoms with Gasteiger partial charge in [-0.05, 0) is 26.7 Å². The summed E-state index contributed by atoms with van der Waals surface area (Å²) in [5.41, 5.74) is 0. The van der Waals surface area contributed by atoms with E-state index in [0.717, 1.165) is 12.6 Å². The van der Waals surface area contributed by atoms with Crippen LogP contribution >= 0.6 is 0 Å². The van der Waals surface area contributed by atoms with Gasteiger partial charge in [-0.2, -0.15) is 0 Å². The first-order valence-electron chi connectivity index (χ1n) is 6.60. The summed E-state index contributed by atoms with van der Waals surface area (Å²) in [5, 5.41) is 3.51. The lowest BCUT2D eigenvalue weighted by atomic mass is 10.1. The largest absolute Gasteiger partial charge is 0.313 e. The second-order valence-corrected chi connectivity index (χ2v) is 5.38. The van der Waals surface area contributed by atoms with Gasteiger partial charge in [-0.15, -0.1) is 0 Å². The summed E-state index contributed by atoms with van der Waals surface area (Å²) in [6, 6.07) is 2.17. The Hall–Kier alpha value is -0.0800.